The normalized spacial score (nSPS) is 13.4. The summed E-state index contributed by atoms with van der Waals surface area (Å²) in [6.45, 7) is 10.5. The lowest BCUT2D eigenvalue weighted by molar-refractivity contribution is 0.461. The summed E-state index contributed by atoms with van der Waals surface area (Å²) in [5, 5.41) is 8.48. The highest BCUT2D eigenvalue weighted by Gasteiger charge is 2.12. The highest BCUT2D eigenvalue weighted by atomic mass is 35.5. The first-order chi connectivity index (χ1) is 7.54. The Hall–Kier alpha value is -0.540. The van der Waals surface area contributed by atoms with Gasteiger partial charge >= 0.3 is 0 Å². The third kappa shape index (κ3) is 3.80. The Balaban J connectivity index is 2.54. The van der Waals surface area contributed by atoms with Gasteiger partial charge in [0.25, 0.3) is 0 Å². The van der Waals surface area contributed by atoms with E-state index in [1.807, 2.05) is 4.68 Å². The maximum Gasteiger partial charge on any atom is 0.0817 e. The number of rotatable bonds is 6. The van der Waals surface area contributed by atoms with Crippen LogP contribution in [0.4, 0.5) is 0 Å². The van der Waals surface area contributed by atoms with Crippen LogP contribution in [-0.2, 0) is 13.0 Å². The fraction of sp³-hybridized carbons (Fsp3) is 0.750. The molecule has 0 bridgehead atoms. The molecule has 0 saturated heterocycles. The van der Waals surface area contributed by atoms with Crippen molar-refractivity contribution in [3.8, 4) is 0 Å². The summed E-state index contributed by atoms with van der Waals surface area (Å²) in [4.78, 5) is 0. The minimum atomic E-state index is 0.536. The van der Waals surface area contributed by atoms with Crippen LogP contribution in [0.15, 0.2) is 6.20 Å². The number of nitrogens with zero attached hydrogens (tertiary/aromatic N) is 2. The van der Waals surface area contributed by atoms with Crippen LogP contribution in [0, 0.1) is 5.92 Å². The molecule has 0 aliphatic heterocycles. The zero-order chi connectivity index (χ0) is 12.1. The molecule has 0 aliphatic rings. The molecule has 1 unspecified atom stereocenters. The molecule has 1 rings (SSSR count). The molecule has 92 valence electrons. The minimum absolute atomic E-state index is 0.536. The van der Waals surface area contributed by atoms with E-state index in [0.29, 0.717) is 12.0 Å². The van der Waals surface area contributed by atoms with Crippen LogP contribution in [0.1, 0.15) is 33.4 Å². The first-order valence-electron chi connectivity index (χ1n) is 5.98. The molecule has 1 aromatic heterocycles. The molecule has 1 aromatic rings. The molecule has 1 N–H and O–H groups in total. The van der Waals surface area contributed by atoms with Crippen LogP contribution in [0.3, 0.4) is 0 Å². The largest absolute Gasteiger partial charge is 0.314 e. The summed E-state index contributed by atoms with van der Waals surface area (Å²) in [6, 6.07) is 0.536. The maximum absolute atomic E-state index is 6.13. The summed E-state index contributed by atoms with van der Waals surface area (Å²) < 4.78 is 1.98. The van der Waals surface area contributed by atoms with Gasteiger partial charge in [-0.3, -0.25) is 4.68 Å². The first kappa shape index (κ1) is 13.5. The lowest BCUT2D eigenvalue weighted by Gasteiger charge is -2.15. The monoisotopic (exact) mass is 243 g/mol. The van der Waals surface area contributed by atoms with Gasteiger partial charge < -0.3 is 5.32 Å². The van der Waals surface area contributed by atoms with Crippen LogP contribution in [0.2, 0.25) is 5.02 Å². The summed E-state index contributed by atoms with van der Waals surface area (Å²) in [7, 11) is 0. The third-order valence-electron chi connectivity index (χ3n) is 2.61. The van der Waals surface area contributed by atoms with Crippen molar-refractivity contribution >= 4 is 11.6 Å². The van der Waals surface area contributed by atoms with Crippen LogP contribution in [-0.4, -0.2) is 22.4 Å². The molecule has 1 heterocycles. The van der Waals surface area contributed by atoms with E-state index in [1.165, 1.54) is 0 Å². The van der Waals surface area contributed by atoms with E-state index in [1.54, 1.807) is 6.20 Å². The van der Waals surface area contributed by atoms with Crippen LogP contribution in [0.5, 0.6) is 0 Å². The fourth-order valence-corrected chi connectivity index (χ4v) is 1.92. The molecule has 0 saturated carbocycles. The highest BCUT2D eigenvalue weighted by Crippen LogP contribution is 2.18. The zero-order valence-corrected chi connectivity index (χ0v) is 11.4. The van der Waals surface area contributed by atoms with E-state index in [-0.39, 0.29) is 0 Å². The second kappa shape index (κ2) is 6.26. The first-order valence-corrected chi connectivity index (χ1v) is 6.36. The van der Waals surface area contributed by atoms with Crippen molar-refractivity contribution in [2.24, 2.45) is 5.92 Å². The molecule has 4 heteroatoms. The number of hydrogen-bond donors (Lipinski definition) is 1. The Kier molecular flexibility index (Phi) is 5.29. The molecule has 16 heavy (non-hydrogen) atoms. The molecule has 0 aromatic carbocycles. The molecule has 0 radical (unpaired) electrons. The Bertz CT molecular complexity index is 320. The summed E-state index contributed by atoms with van der Waals surface area (Å²) in [6.07, 6.45) is 2.72. The second-order valence-corrected chi connectivity index (χ2v) is 5.03. The predicted molar refractivity (Wildman–Crippen MR) is 68.9 cm³/mol. The zero-order valence-electron chi connectivity index (χ0n) is 10.6. The van der Waals surface area contributed by atoms with Crippen molar-refractivity contribution in [2.45, 2.75) is 46.7 Å². The van der Waals surface area contributed by atoms with Gasteiger partial charge in [0.1, 0.15) is 0 Å². The van der Waals surface area contributed by atoms with Crippen molar-refractivity contribution in [1.29, 1.82) is 0 Å². The van der Waals surface area contributed by atoms with Gasteiger partial charge in [0.2, 0.25) is 0 Å². The number of aromatic nitrogens is 2. The number of aryl methyl sites for hydroxylation is 1. The Morgan fingerprint density at radius 1 is 1.44 bits per heavy atom. The molecule has 0 fully saturated rings. The van der Waals surface area contributed by atoms with Crippen LogP contribution in [0.25, 0.3) is 0 Å². The van der Waals surface area contributed by atoms with Gasteiger partial charge in [0.05, 0.1) is 16.9 Å². The number of nitrogens with one attached hydrogen (secondary N) is 1. The van der Waals surface area contributed by atoms with Crippen LogP contribution < -0.4 is 5.32 Å². The highest BCUT2D eigenvalue weighted by molar-refractivity contribution is 6.31. The summed E-state index contributed by atoms with van der Waals surface area (Å²) in [5.74, 6) is 0.571. The second-order valence-electron chi connectivity index (χ2n) is 4.63. The average molecular weight is 244 g/mol. The lowest BCUT2D eigenvalue weighted by Crippen LogP contribution is -2.29. The van der Waals surface area contributed by atoms with Gasteiger partial charge in [0.15, 0.2) is 0 Å². The predicted octanol–water partition coefficient (Wildman–Crippen LogP) is 2.73. The average Bonchev–Trinajstić information content (AvgIpc) is 2.57. The number of hydrogen-bond acceptors (Lipinski definition) is 2. The Morgan fingerprint density at radius 3 is 2.69 bits per heavy atom. The van der Waals surface area contributed by atoms with Crippen molar-refractivity contribution in [3.05, 3.63) is 16.9 Å². The standard InChI is InChI=1S/C12H22ClN3/c1-5-16-12(11(13)8-15-16)6-10(4)7-14-9(2)3/h8-10,14H,5-7H2,1-4H3. The molecule has 0 aliphatic carbocycles. The van der Waals surface area contributed by atoms with Gasteiger partial charge in [0, 0.05) is 12.6 Å². The van der Waals surface area contributed by atoms with Gasteiger partial charge in [-0.2, -0.15) is 5.10 Å². The summed E-state index contributed by atoms with van der Waals surface area (Å²) in [5.41, 5.74) is 1.15. The van der Waals surface area contributed by atoms with E-state index in [2.05, 4.69) is 38.1 Å². The van der Waals surface area contributed by atoms with Crippen molar-refractivity contribution in [2.75, 3.05) is 6.54 Å². The summed E-state index contributed by atoms with van der Waals surface area (Å²) >= 11 is 6.13. The molecule has 0 spiro atoms. The molecule has 1 atom stereocenters. The van der Waals surface area contributed by atoms with E-state index in [9.17, 15) is 0 Å². The van der Waals surface area contributed by atoms with Gasteiger partial charge in [-0.05, 0) is 25.8 Å². The van der Waals surface area contributed by atoms with Crippen molar-refractivity contribution < 1.29 is 0 Å². The topological polar surface area (TPSA) is 29.9 Å². The van der Waals surface area contributed by atoms with Crippen molar-refractivity contribution in [3.63, 3.8) is 0 Å². The van der Waals surface area contributed by atoms with Crippen LogP contribution >= 0.6 is 11.6 Å². The van der Waals surface area contributed by atoms with Crippen molar-refractivity contribution in [1.82, 2.24) is 15.1 Å². The number of halogens is 1. The lowest BCUT2D eigenvalue weighted by atomic mass is 10.1. The van der Waals surface area contributed by atoms with Gasteiger partial charge in [-0.1, -0.05) is 32.4 Å². The molecule has 0 amide bonds. The maximum atomic E-state index is 6.13. The Labute approximate surface area is 103 Å². The Morgan fingerprint density at radius 2 is 2.12 bits per heavy atom. The van der Waals surface area contributed by atoms with E-state index in [0.717, 1.165) is 30.2 Å². The van der Waals surface area contributed by atoms with E-state index < -0.39 is 0 Å². The van der Waals surface area contributed by atoms with Gasteiger partial charge in [-0.15, -0.1) is 0 Å². The molecule has 3 nitrogen and oxygen atoms in total. The van der Waals surface area contributed by atoms with E-state index >= 15 is 0 Å². The third-order valence-corrected chi connectivity index (χ3v) is 2.93. The molecular formula is C12H22ClN3. The molecular weight excluding hydrogens is 222 g/mol. The smallest absolute Gasteiger partial charge is 0.0817 e. The SMILES string of the molecule is CCn1ncc(Cl)c1CC(C)CNC(C)C. The minimum Gasteiger partial charge on any atom is -0.314 e. The van der Waals surface area contributed by atoms with Gasteiger partial charge in [-0.25, -0.2) is 0 Å². The fourth-order valence-electron chi connectivity index (χ4n) is 1.70. The quantitative estimate of drug-likeness (QED) is 0.833. The van der Waals surface area contributed by atoms with E-state index in [4.69, 9.17) is 11.6 Å².